The Labute approximate surface area is 194 Å². The van der Waals surface area contributed by atoms with E-state index in [1.807, 2.05) is 44.3 Å². The quantitative estimate of drug-likeness (QED) is 0.360. The van der Waals surface area contributed by atoms with Crippen LogP contribution in [-0.2, 0) is 11.3 Å². The number of hydrogen-bond acceptors (Lipinski definition) is 6. The molecule has 3 heterocycles. The Bertz CT molecular complexity index is 1430. The fraction of sp³-hybridized carbons (Fsp3) is 0.174. The number of carbonyl (C=O) groups is 1. The SMILES string of the molecule is Cc1cccc(-n2nnnc2SCC(=O)Nc2ccnn2Cc2ccc3cc[nH]c3c2)c1C. The molecule has 0 radical (unpaired) electrons. The third kappa shape index (κ3) is 4.37. The summed E-state index contributed by atoms with van der Waals surface area (Å²) < 4.78 is 3.44. The number of aromatic amines is 1. The van der Waals surface area contributed by atoms with Crippen molar-refractivity contribution in [2.45, 2.75) is 25.5 Å². The van der Waals surface area contributed by atoms with Crippen molar-refractivity contribution in [3.63, 3.8) is 0 Å². The van der Waals surface area contributed by atoms with Gasteiger partial charge in [-0.25, -0.2) is 4.68 Å². The first-order chi connectivity index (χ1) is 16.1. The zero-order valence-corrected chi connectivity index (χ0v) is 19.0. The number of hydrogen-bond donors (Lipinski definition) is 2. The molecule has 0 saturated carbocycles. The van der Waals surface area contributed by atoms with Gasteiger partial charge in [0.1, 0.15) is 5.82 Å². The van der Waals surface area contributed by atoms with E-state index in [1.165, 1.54) is 11.8 Å². The number of thioether (sulfide) groups is 1. The van der Waals surface area contributed by atoms with Crippen LogP contribution in [0, 0.1) is 13.8 Å². The number of benzene rings is 2. The van der Waals surface area contributed by atoms with Crippen molar-refractivity contribution < 1.29 is 4.79 Å². The van der Waals surface area contributed by atoms with E-state index in [0.29, 0.717) is 17.5 Å². The van der Waals surface area contributed by atoms with Gasteiger partial charge in [0.25, 0.3) is 0 Å². The van der Waals surface area contributed by atoms with Crippen molar-refractivity contribution in [3.05, 3.63) is 77.6 Å². The molecule has 0 bridgehead atoms. The van der Waals surface area contributed by atoms with Crippen LogP contribution >= 0.6 is 11.8 Å². The van der Waals surface area contributed by atoms with Gasteiger partial charge in [0.2, 0.25) is 11.1 Å². The first-order valence-electron chi connectivity index (χ1n) is 10.4. The highest BCUT2D eigenvalue weighted by Crippen LogP contribution is 2.23. The number of aromatic nitrogens is 7. The van der Waals surface area contributed by atoms with Crippen molar-refractivity contribution in [3.8, 4) is 5.69 Å². The van der Waals surface area contributed by atoms with Gasteiger partial charge in [0, 0.05) is 17.8 Å². The van der Waals surface area contributed by atoms with Gasteiger partial charge in [-0.05, 0) is 64.5 Å². The predicted molar refractivity (Wildman–Crippen MR) is 128 cm³/mol. The van der Waals surface area contributed by atoms with Gasteiger partial charge in [0.05, 0.1) is 24.2 Å². The number of aryl methyl sites for hydroxylation is 1. The van der Waals surface area contributed by atoms with Crippen molar-refractivity contribution >= 4 is 34.4 Å². The molecule has 33 heavy (non-hydrogen) atoms. The molecule has 9 nitrogen and oxygen atoms in total. The topological polar surface area (TPSA) is 106 Å². The lowest BCUT2D eigenvalue weighted by atomic mass is 10.1. The van der Waals surface area contributed by atoms with E-state index in [9.17, 15) is 4.79 Å². The Morgan fingerprint density at radius 1 is 1.15 bits per heavy atom. The van der Waals surface area contributed by atoms with Crippen molar-refractivity contribution in [2.24, 2.45) is 0 Å². The summed E-state index contributed by atoms with van der Waals surface area (Å²) in [5.41, 5.74) is 5.31. The highest BCUT2D eigenvalue weighted by molar-refractivity contribution is 7.99. The lowest BCUT2D eigenvalue weighted by Crippen LogP contribution is -2.18. The zero-order chi connectivity index (χ0) is 22.8. The first kappa shape index (κ1) is 21.0. The minimum Gasteiger partial charge on any atom is -0.361 e. The van der Waals surface area contributed by atoms with Gasteiger partial charge >= 0.3 is 0 Å². The number of carbonyl (C=O) groups excluding carboxylic acids is 1. The van der Waals surface area contributed by atoms with Crippen LogP contribution < -0.4 is 5.32 Å². The number of fused-ring (bicyclic) bond motifs is 1. The van der Waals surface area contributed by atoms with E-state index in [1.54, 1.807) is 21.6 Å². The van der Waals surface area contributed by atoms with E-state index >= 15 is 0 Å². The van der Waals surface area contributed by atoms with Crippen LogP contribution in [0.2, 0.25) is 0 Å². The van der Waals surface area contributed by atoms with Crippen molar-refractivity contribution in [1.29, 1.82) is 0 Å². The third-order valence-electron chi connectivity index (χ3n) is 5.51. The molecule has 0 fully saturated rings. The fourth-order valence-corrected chi connectivity index (χ4v) is 4.31. The molecule has 0 atom stereocenters. The Hall–Kier alpha value is -3.92. The molecule has 0 unspecified atom stereocenters. The van der Waals surface area contributed by atoms with E-state index in [4.69, 9.17) is 0 Å². The van der Waals surface area contributed by atoms with Crippen molar-refractivity contribution in [1.82, 2.24) is 35.0 Å². The Balaban J connectivity index is 1.25. The van der Waals surface area contributed by atoms with Gasteiger partial charge in [-0.15, -0.1) is 5.10 Å². The van der Waals surface area contributed by atoms with E-state index < -0.39 is 0 Å². The second-order valence-corrected chi connectivity index (χ2v) is 8.65. The Morgan fingerprint density at radius 3 is 2.97 bits per heavy atom. The van der Waals surface area contributed by atoms with Gasteiger partial charge < -0.3 is 10.3 Å². The fourth-order valence-electron chi connectivity index (χ4n) is 3.63. The summed E-state index contributed by atoms with van der Waals surface area (Å²) >= 11 is 1.29. The number of rotatable bonds is 7. The Kier molecular flexibility index (Phi) is 5.66. The lowest BCUT2D eigenvalue weighted by Gasteiger charge is -2.10. The highest BCUT2D eigenvalue weighted by atomic mass is 32.2. The normalized spacial score (nSPS) is 11.2. The summed E-state index contributed by atoms with van der Waals surface area (Å²) in [6, 6.07) is 16.0. The van der Waals surface area contributed by atoms with Gasteiger partial charge in [0.15, 0.2) is 0 Å². The van der Waals surface area contributed by atoms with Gasteiger partial charge in [-0.2, -0.15) is 9.78 Å². The minimum atomic E-state index is -0.155. The summed E-state index contributed by atoms with van der Waals surface area (Å²) in [5.74, 6) is 0.656. The lowest BCUT2D eigenvalue weighted by molar-refractivity contribution is -0.113. The molecule has 5 rings (SSSR count). The first-order valence-corrected chi connectivity index (χ1v) is 11.4. The second-order valence-electron chi connectivity index (χ2n) is 7.70. The third-order valence-corrected chi connectivity index (χ3v) is 6.43. The molecule has 0 aliphatic heterocycles. The molecular formula is C23H22N8OS. The van der Waals surface area contributed by atoms with Gasteiger partial charge in [-0.3, -0.25) is 4.79 Å². The molecule has 0 spiro atoms. The van der Waals surface area contributed by atoms with E-state index in [0.717, 1.165) is 33.3 Å². The smallest absolute Gasteiger partial charge is 0.235 e. The molecule has 0 aliphatic rings. The molecule has 0 aliphatic carbocycles. The summed E-state index contributed by atoms with van der Waals surface area (Å²) in [6.45, 7) is 4.63. The monoisotopic (exact) mass is 458 g/mol. The molecule has 2 aromatic carbocycles. The highest BCUT2D eigenvalue weighted by Gasteiger charge is 2.15. The average Bonchev–Trinajstić information content (AvgIpc) is 3.56. The second kappa shape index (κ2) is 8.91. The molecule has 2 N–H and O–H groups in total. The van der Waals surface area contributed by atoms with Crippen LogP contribution in [0.25, 0.3) is 16.6 Å². The summed E-state index contributed by atoms with van der Waals surface area (Å²) in [6.07, 6.45) is 3.60. The number of H-pyrrole nitrogens is 1. The predicted octanol–water partition coefficient (Wildman–Crippen LogP) is 3.74. The maximum atomic E-state index is 12.7. The number of nitrogens with zero attached hydrogens (tertiary/aromatic N) is 6. The van der Waals surface area contributed by atoms with Crippen LogP contribution in [-0.4, -0.2) is 46.6 Å². The van der Waals surface area contributed by atoms with Crippen LogP contribution in [0.4, 0.5) is 5.82 Å². The number of tetrazole rings is 1. The number of nitrogens with one attached hydrogen (secondary N) is 2. The van der Waals surface area contributed by atoms with Crippen molar-refractivity contribution in [2.75, 3.05) is 11.1 Å². The summed E-state index contributed by atoms with van der Waals surface area (Å²) in [5, 5.41) is 21.0. The summed E-state index contributed by atoms with van der Waals surface area (Å²) in [4.78, 5) is 15.9. The molecule has 0 saturated heterocycles. The van der Waals surface area contributed by atoms with Crippen LogP contribution in [0.1, 0.15) is 16.7 Å². The molecule has 5 aromatic rings. The van der Waals surface area contributed by atoms with Crippen LogP contribution in [0.3, 0.4) is 0 Å². The number of amides is 1. The maximum Gasteiger partial charge on any atom is 0.235 e. The van der Waals surface area contributed by atoms with Crippen LogP contribution in [0.5, 0.6) is 0 Å². The Morgan fingerprint density at radius 2 is 2.06 bits per heavy atom. The summed E-state index contributed by atoms with van der Waals surface area (Å²) in [7, 11) is 0. The molecule has 3 aromatic heterocycles. The largest absolute Gasteiger partial charge is 0.361 e. The maximum absolute atomic E-state index is 12.7. The molecule has 1 amide bonds. The van der Waals surface area contributed by atoms with E-state index in [2.05, 4.69) is 49.1 Å². The van der Waals surface area contributed by atoms with Crippen LogP contribution in [0.15, 0.2) is 66.1 Å². The minimum absolute atomic E-state index is 0.155. The molecular weight excluding hydrogens is 436 g/mol. The molecule has 166 valence electrons. The van der Waals surface area contributed by atoms with E-state index in [-0.39, 0.29) is 11.7 Å². The zero-order valence-electron chi connectivity index (χ0n) is 18.2. The standard InChI is InChI=1S/C23H22N8OS/c1-15-4-3-5-20(16(15)2)31-23(27-28-29-31)33-14-22(32)26-21-9-11-25-30(21)13-17-6-7-18-8-10-24-19(18)12-17/h3-12,24H,13-14H2,1-2H3,(H,26,32). The average molecular weight is 459 g/mol. The number of anilines is 1. The molecule has 10 heteroatoms. The van der Waals surface area contributed by atoms with Gasteiger partial charge in [-0.1, -0.05) is 36.0 Å².